The fraction of sp³-hybridized carbons (Fsp3) is 0.167. The Labute approximate surface area is 142 Å². The van der Waals surface area contributed by atoms with Crippen LogP contribution in [0.2, 0.25) is 0 Å². The van der Waals surface area contributed by atoms with E-state index in [2.05, 4.69) is 0 Å². The SMILES string of the molecule is COc1ccc(-c2cc(=O)c3c(O)ccc(OC)c3o2)c(O)c1OC. The number of aromatic hydroxyl groups is 2. The van der Waals surface area contributed by atoms with Crippen molar-refractivity contribution in [1.82, 2.24) is 0 Å². The van der Waals surface area contributed by atoms with E-state index in [-0.39, 0.29) is 45.3 Å². The molecule has 0 saturated heterocycles. The highest BCUT2D eigenvalue weighted by atomic mass is 16.5. The summed E-state index contributed by atoms with van der Waals surface area (Å²) in [6.45, 7) is 0. The summed E-state index contributed by atoms with van der Waals surface area (Å²) in [6, 6.07) is 7.14. The lowest BCUT2D eigenvalue weighted by Crippen LogP contribution is -2.02. The Morgan fingerprint density at radius 2 is 1.60 bits per heavy atom. The number of phenolic OH excluding ortho intramolecular Hbond substituents is 2. The highest BCUT2D eigenvalue weighted by Gasteiger charge is 2.20. The van der Waals surface area contributed by atoms with Gasteiger partial charge in [-0.05, 0) is 24.3 Å². The van der Waals surface area contributed by atoms with Crippen LogP contribution in [0, 0.1) is 0 Å². The van der Waals surface area contributed by atoms with Crippen LogP contribution in [-0.4, -0.2) is 31.5 Å². The van der Waals surface area contributed by atoms with Gasteiger partial charge < -0.3 is 28.8 Å². The molecule has 3 aromatic rings. The van der Waals surface area contributed by atoms with E-state index in [1.54, 1.807) is 6.07 Å². The van der Waals surface area contributed by atoms with Gasteiger partial charge in [0, 0.05) is 6.07 Å². The Balaban J connectivity index is 2.33. The van der Waals surface area contributed by atoms with Crippen LogP contribution < -0.4 is 19.6 Å². The molecule has 1 heterocycles. The van der Waals surface area contributed by atoms with Crippen molar-refractivity contribution < 1.29 is 28.8 Å². The van der Waals surface area contributed by atoms with Crippen LogP contribution in [0.5, 0.6) is 28.7 Å². The van der Waals surface area contributed by atoms with Gasteiger partial charge in [0.2, 0.25) is 5.75 Å². The van der Waals surface area contributed by atoms with Crippen LogP contribution in [-0.2, 0) is 0 Å². The number of rotatable bonds is 4. The first kappa shape index (κ1) is 16.5. The van der Waals surface area contributed by atoms with Gasteiger partial charge in [-0.1, -0.05) is 0 Å². The molecule has 0 aliphatic rings. The highest BCUT2D eigenvalue weighted by molar-refractivity contribution is 5.89. The van der Waals surface area contributed by atoms with Crippen LogP contribution in [0.25, 0.3) is 22.3 Å². The molecule has 7 heteroatoms. The first-order valence-corrected chi connectivity index (χ1v) is 7.30. The van der Waals surface area contributed by atoms with Crippen molar-refractivity contribution in [2.75, 3.05) is 21.3 Å². The largest absolute Gasteiger partial charge is 0.507 e. The van der Waals surface area contributed by atoms with E-state index < -0.39 is 5.43 Å². The molecule has 0 atom stereocenters. The van der Waals surface area contributed by atoms with E-state index in [4.69, 9.17) is 18.6 Å². The zero-order chi connectivity index (χ0) is 18.1. The van der Waals surface area contributed by atoms with Gasteiger partial charge in [0.05, 0.1) is 26.9 Å². The molecule has 2 aromatic carbocycles. The summed E-state index contributed by atoms with van der Waals surface area (Å²) in [6.07, 6.45) is 0. The predicted molar refractivity (Wildman–Crippen MR) is 90.9 cm³/mol. The first-order chi connectivity index (χ1) is 12.0. The van der Waals surface area contributed by atoms with Crippen molar-refractivity contribution in [3.63, 3.8) is 0 Å². The molecule has 25 heavy (non-hydrogen) atoms. The van der Waals surface area contributed by atoms with Gasteiger partial charge in [-0.2, -0.15) is 0 Å². The number of hydrogen-bond acceptors (Lipinski definition) is 7. The molecule has 0 fully saturated rings. The molecule has 7 nitrogen and oxygen atoms in total. The highest BCUT2D eigenvalue weighted by Crippen LogP contribution is 2.44. The molecule has 130 valence electrons. The van der Waals surface area contributed by atoms with Crippen molar-refractivity contribution in [2.45, 2.75) is 0 Å². The van der Waals surface area contributed by atoms with Gasteiger partial charge in [0.1, 0.15) is 16.9 Å². The Hall–Kier alpha value is -3.35. The second-order valence-corrected chi connectivity index (χ2v) is 5.16. The summed E-state index contributed by atoms with van der Waals surface area (Å²) in [4.78, 5) is 12.4. The van der Waals surface area contributed by atoms with E-state index in [1.165, 1.54) is 45.6 Å². The van der Waals surface area contributed by atoms with Crippen LogP contribution >= 0.6 is 0 Å². The fourth-order valence-corrected chi connectivity index (χ4v) is 2.63. The smallest absolute Gasteiger partial charge is 0.203 e. The summed E-state index contributed by atoms with van der Waals surface area (Å²) in [5, 5.41) is 20.4. The molecule has 1 aromatic heterocycles. The Kier molecular flexibility index (Phi) is 4.14. The number of hydrogen-bond donors (Lipinski definition) is 2. The van der Waals surface area contributed by atoms with Crippen LogP contribution in [0.3, 0.4) is 0 Å². The van der Waals surface area contributed by atoms with Crippen LogP contribution in [0.15, 0.2) is 39.5 Å². The summed E-state index contributed by atoms with van der Waals surface area (Å²) in [5.41, 5.74) is -0.150. The Morgan fingerprint density at radius 1 is 0.920 bits per heavy atom. The molecule has 0 aliphatic heterocycles. The maximum absolute atomic E-state index is 12.4. The molecule has 0 bridgehead atoms. The molecule has 0 spiro atoms. The van der Waals surface area contributed by atoms with E-state index in [1.807, 2.05) is 0 Å². The zero-order valence-corrected chi connectivity index (χ0v) is 13.8. The molecule has 0 aliphatic carbocycles. The summed E-state index contributed by atoms with van der Waals surface area (Å²) in [7, 11) is 4.26. The van der Waals surface area contributed by atoms with E-state index in [0.29, 0.717) is 5.75 Å². The summed E-state index contributed by atoms with van der Waals surface area (Å²) >= 11 is 0. The number of ether oxygens (including phenoxy) is 3. The third kappa shape index (κ3) is 2.59. The van der Waals surface area contributed by atoms with Crippen molar-refractivity contribution in [3.05, 3.63) is 40.6 Å². The normalized spacial score (nSPS) is 10.7. The molecule has 0 unspecified atom stereocenters. The second kappa shape index (κ2) is 6.27. The number of fused-ring (bicyclic) bond motifs is 1. The summed E-state index contributed by atoms with van der Waals surface area (Å²) < 4.78 is 21.2. The van der Waals surface area contributed by atoms with Crippen LogP contribution in [0.4, 0.5) is 0 Å². The molecule has 3 rings (SSSR count). The molecule has 2 N–H and O–H groups in total. The van der Waals surface area contributed by atoms with Crippen molar-refractivity contribution in [1.29, 1.82) is 0 Å². The van der Waals surface area contributed by atoms with Crippen LogP contribution in [0.1, 0.15) is 0 Å². The van der Waals surface area contributed by atoms with E-state index >= 15 is 0 Å². The first-order valence-electron chi connectivity index (χ1n) is 7.30. The molecular weight excluding hydrogens is 328 g/mol. The lowest BCUT2D eigenvalue weighted by molar-refractivity contribution is 0.333. The van der Waals surface area contributed by atoms with Gasteiger partial charge in [0.15, 0.2) is 28.3 Å². The fourth-order valence-electron chi connectivity index (χ4n) is 2.63. The second-order valence-electron chi connectivity index (χ2n) is 5.16. The number of benzene rings is 2. The Morgan fingerprint density at radius 3 is 2.24 bits per heavy atom. The third-order valence-corrected chi connectivity index (χ3v) is 3.82. The minimum absolute atomic E-state index is 0.00284. The lowest BCUT2D eigenvalue weighted by Gasteiger charge is -2.13. The molecular formula is C18H16O7. The monoisotopic (exact) mass is 344 g/mol. The maximum Gasteiger partial charge on any atom is 0.203 e. The van der Waals surface area contributed by atoms with Crippen molar-refractivity contribution in [2.24, 2.45) is 0 Å². The van der Waals surface area contributed by atoms with Gasteiger partial charge >= 0.3 is 0 Å². The van der Waals surface area contributed by atoms with E-state index in [0.717, 1.165) is 0 Å². The van der Waals surface area contributed by atoms with Gasteiger partial charge in [-0.3, -0.25) is 4.79 Å². The minimum Gasteiger partial charge on any atom is -0.507 e. The van der Waals surface area contributed by atoms with Gasteiger partial charge in [0.25, 0.3) is 0 Å². The van der Waals surface area contributed by atoms with E-state index in [9.17, 15) is 15.0 Å². The lowest BCUT2D eigenvalue weighted by atomic mass is 10.1. The predicted octanol–water partition coefficient (Wildman–Crippen LogP) is 2.90. The van der Waals surface area contributed by atoms with Crippen molar-refractivity contribution >= 4 is 11.0 Å². The maximum atomic E-state index is 12.4. The third-order valence-electron chi connectivity index (χ3n) is 3.82. The number of methoxy groups -OCH3 is 3. The average Bonchev–Trinajstić information content (AvgIpc) is 2.61. The zero-order valence-electron chi connectivity index (χ0n) is 13.8. The van der Waals surface area contributed by atoms with Gasteiger partial charge in [-0.25, -0.2) is 0 Å². The molecule has 0 radical (unpaired) electrons. The van der Waals surface area contributed by atoms with Gasteiger partial charge in [-0.15, -0.1) is 0 Å². The molecule has 0 saturated carbocycles. The topological polar surface area (TPSA) is 98.4 Å². The quantitative estimate of drug-likeness (QED) is 0.751. The summed E-state index contributed by atoms with van der Waals surface area (Å²) in [5.74, 6) is 0.385. The Bertz CT molecular complexity index is 1000. The molecule has 0 amide bonds. The number of phenols is 2. The standard InChI is InChI=1S/C18H16O7/c1-22-12-7-5-10(19)15-11(20)8-14(25-17(12)15)9-4-6-13(23-2)18(24-3)16(9)21/h4-8,19,21H,1-3H3. The average molecular weight is 344 g/mol. The van der Waals surface area contributed by atoms with Crippen molar-refractivity contribution in [3.8, 4) is 40.1 Å². The minimum atomic E-state index is -0.471.